The fourth-order valence-electron chi connectivity index (χ4n) is 5.59. The molecule has 0 radical (unpaired) electrons. The van der Waals surface area contributed by atoms with Crippen LogP contribution in [-0.2, 0) is 29.0 Å². The Morgan fingerprint density at radius 3 is 2.50 bits per heavy atom. The Bertz CT molecular complexity index is 1100. The van der Waals surface area contributed by atoms with Crippen molar-refractivity contribution < 1.29 is 29.7 Å². The first-order valence-corrected chi connectivity index (χ1v) is 11.0. The van der Waals surface area contributed by atoms with Crippen LogP contribution < -0.4 is 11.5 Å². The maximum atomic E-state index is 13.6. The molecule has 32 heavy (non-hydrogen) atoms. The molecule has 0 heterocycles. The maximum Gasteiger partial charge on any atom is 0.255 e. The second kappa shape index (κ2) is 8.09. The highest BCUT2D eigenvalue weighted by molar-refractivity contribution is 6.22. The lowest BCUT2D eigenvalue weighted by molar-refractivity contribution is -0.126. The van der Waals surface area contributed by atoms with Gasteiger partial charge in [-0.05, 0) is 48.6 Å². The largest absolute Gasteiger partial charge is 0.511 e. The predicted molar refractivity (Wildman–Crippen MR) is 116 cm³/mol. The molecule has 8 heteroatoms. The number of phenols is 1. The molecule has 0 aliphatic heterocycles. The van der Waals surface area contributed by atoms with E-state index < -0.39 is 34.9 Å². The van der Waals surface area contributed by atoms with Crippen LogP contribution in [0.1, 0.15) is 59.7 Å². The number of amides is 1. The monoisotopic (exact) mass is 440 g/mol. The minimum Gasteiger partial charge on any atom is -0.511 e. The number of Topliss-reactive ketones (excluding diaryl/α,β-unsaturated/α-hetero) is 2. The number of aryl methyl sites for hydroxylation is 1. The Morgan fingerprint density at radius 1 is 1.16 bits per heavy atom. The van der Waals surface area contributed by atoms with Gasteiger partial charge < -0.3 is 26.8 Å². The lowest BCUT2D eigenvalue weighted by Crippen LogP contribution is -2.43. The normalized spacial score (nSPS) is 24.9. The number of ketones is 2. The van der Waals surface area contributed by atoms with Gasteiger partial charge in [0.1, 0.15) is 22.8 Å². The zero-order valence-electron chi connectivity index (χ0n) is 18.0. The minimum absolute atomic E-state index is 0.0314. The molecule has 0 fully saturated rings. The van der Waals surface area contributed by atoms with Crippen molar-refractivity contribution in [3.8, 4) is 5.75 Å². The SMILES string of the molecule is CCCCc1cc(CN)c(O)c2c1CC1CC3CC(O)=C(C(N)=O)C(=O)C3C(O)=C1C2=O. The third-order valence-corrected chi connectivity index (χ3v) is 7.08. The summed E-state index contributed by atoms with van der Waals surface area (Å²) in [5.41, 5.74) is 13.0. The van der Waals surface area contributed by atoms with Crippen molar-refractivity contribution in [3.63, 3.8) is 0 Å². The summed E-state index contributed by atoms with van der Waals surface area (Å²) < 4.78 is 0. The molecule has 0 saturated carbocycles. The van der Waals surface area contributed by atoms with Gasteiger partial charge in [0, 0.05) is 24.1 Å². The van der Waals surface area contributed by atoms with Crippen LogP contribution in [0.5, 0.6) is 5.75 Å². The van der Waals surface area contributed by atoms with E-state index in [-0.39, 0.29) is 47.3 Å². The average molecular weight is 440 g/mol. The third kappa shape index (κ3) is 3.21. The lowest BCUT2D eigenvalue weighted by Gasteiger charge is -2.41. The Balaban J connectivity index is 1.85. The molecule has 170 valence electrons. The third-order valence-electron chi connectivity index (χ3n) is 7.08. The first kappa shape index (κ1) is 22.1. The molecule has 3 aliphatic carbocycles. The van der Waals surface area contributed by atoms with Gasteiger partial charge in [0.15, 0.2) is 11.6 Å². The number of nitrogens with two attached hydrogens (primary N) is 2. The molecule has 3 aliphatic rings. The maximum absolute atomic E-state index is 13.6. The van der Waals surface area contributed by atoms with Crippen LogP contribution >= 0.6 is 0 Å². The zero-order chi connectivity index (χ0) is 23.3. The molecule has 0 saturated heterocycles. The van der Waals surface area contributed by atoms with Gasteiger partial charge in [-0.3, -0.25) is 14.4 Å². The van der Waals surface area contributed by atoms with E-state index >= 15 is 0 Å². The van der Waals surface area contributed by atoms with E-state index in [2.05, 4.69) is 6.92 Å². The van der Waals surface area contributed by atoms with Crippen LogP contribution in [0.3, 0.4) is 0 Å². The molecule has 0 aromatic heterocycles. The summed E-state index contributed by atoms with van der Waals surface area (Å²) in [5, 5.41) is 32.1. The molecule has 0 bridgehead atoms. The van der Waals surface area contributed by atoms with E-state index in [0.29, 0.717) is 18.4 Å². The number of primary amides is 1. The number of benzene rings is 1. The fraction of sp³-hybridized carbons (Fsp3) is 0.458. The summed E-state index contributed by atoms with van der Waals surface area (Å²) in [6, 6.07) is 1.86. The molecule has 8 nitrogen and oxygen atoms in total. The van der Waals surface area contributed by atoms with E-state index in [1.54, 1.807) is 0 Å². The van der Waals surface area contributed by atoms with Crippen molar-refractivity contribution in [3.05, 3.63) is 51.0 Å². The highest BCUT2D eigenvalue weighted by Gasteiger charge is 2.50. The van der Waals surface area contributed by atoms with Crippen LogP contribution in [0.4, 0.5) is 0 Å². The molecule has 1 amide bonds. The van der Waals surface area contributed by atoms with E-state index in [0.717, 1.165) is 30.4 Å². The van der Waals surface area contributed by atoms with Crippen molar-refractivity contribution in [1.29, 1.82) is 0 Å². The molecule has 3 atom stereocenters. The summed E-state index contributed by atoms with van der Waals surface area (Å²) in [7, 11) is 0. The number of phenolic OH excluding ortho intramolecular Hbond substituents is 1. The predicted octanol–water partition coefficient (Wildman–Crippen LogP) is 2.27. The van der Waals surface area contributed by atoms with E-state index in [1.165, 1.54) is 0 Å². The summed E-state index contributed by atoms with van der Waals surface area (Å²) in [6.07, 6.45) is 3.49. The number of carbonyl (C=O) groups excluding carboxylic acids is 3. The minimum atomic E-state index is -1.11. The number of rotatable bonds is 5. The zero-order valence-corrected chi connectivity index (χ0v) is 18.0. The Hall–Kier alpha value is -3.13. The van der Waals surface area contributed by atoms with Crippen molar-refractivity contribution in [2.45, 2.75) is 52.0 Å². The van der Waals surface area contributed by atoms with Gasteiger partial charge in [-0.2, -0.15) is 0 Å². The number of hydrogen-bond acceptors (Lipinski definition) is 7. The highest BCUT2D eigenvalue weighted by Crippen LogP contribution is 2.50. The van der Waals surface area contributed by atoms with Crippen LogP contribution in [0.15, 0.2) is 28.7 Å². The fourth-order valence-corrected chi connectivity index (χ4v) is 5.59. The molecular weight excluding hydrogens is 412 g/mol. The molecule has 4 rings (SSSR count). The standard InChI is InChI=1S/C24H28N2O6/c1-2-3-4-10-5-13(9-25)20(28)18-14(10)7-11-6-12-8-15(27)19(24(26)32)23(31)17(12)21(29)16(11)22(18)30/h5,11-12,17,27-29H,2-4,6-9,25H2,1H3,(H2,26,32). The summed E-state index contributed by atoms with van der Waals surface area (Å²) in [5.74, 6) is -5.16. The quantitative estimate of drug-likeness (QED) is 0.438. The first-order chi connectivity index (χ1) is 15.2. The van der Waals surface area contributed by atoms with Crippen molar-refractivity contribution in [2.24, 2.45) is 29.2 Å². The molecule has 1 aromatic carbocycles. The molecule has 0 spiro atoms. The van der Waals surface area contributed by atoms with Gasteiger partial charge in [-0.1, -0.05) is 19.4 Å². The van der Waals surface area contributed by atoms with Gasteiger partial charge in [0.2, 0.25) is 0 Å². The van der Waals surface area contributed by atoms with Crippen LogP contribution in [0, 0.1) is 17.8 Å². The van der Waals surface area contributed by atoms with Gasteiger partial charge >= 0.3 is 0 Å². The number of aliphatic hydroxyl groups excluding tert-OH is 2. The first-order valence-electron chi connectivity index (χ1n) is 11.0. The second-order valence-electron chi connectivity index (χ2n) is 8.96. The number of hydrogen-bond donors (Lipinski definition) is 5. The Morgan fingerprint density at radius 2 is 1.88 bits per heavy atom. The van der Waals surface area contributed by atoms with Crippen molar-refractivity contribution in [2.75, 3.05) is 0 Å². The number of unbranched alkanes of at least 4 members (excludes halogenated alkanes) is 1. The number of allylic oxidation sites excluding steroid dienone is 3. The molecule has 1 aromatic rings. The van der Waals surface area contributed by atoms with Crippen LogP contribution in [0.25, 0.3) is 0 Å². The number of fused-ring (bicyclic) bond motifs is 3. The second-order valence-corrected chi connectivity index (χ2v) is 8.96. The Labute approximate surface area is 185 Å². The van der Waals surface area contributed by atoms with E-state index in [9.17, 15) is 29.7 Å². The molecule has 3 unspecified atom stereocenters. The molecular formula is C24H28N2O6. The van der Waals surface area contributed by atoms with Crippen molar-refractivity contribution in [1.82, 2.24) is 0 Å². The number of aliphatic hydroxyl groups is 2. The summed E-state index contributed by atoms with van der Waals surface area (Å²) in [4.78, 5) is 38.1. The summed E-state index contributed by atoms with van der Waals surface area (Å²) in [6.45, 7) is 2.14. The van der Waals surface area contributed by atoms with Gasteiger partial charge in [0.25, 0.3) is 5.91 Å². The molecule has 7 N–H and O–H groups in total. The van der Waals surface area contributed by atoms with Gasteiger partial charge in [-0.25, -0.2) is 0 Å². The van der Waals surface area contributed by atoms with E-state index in [4.69, 9.17) is 11.5 Å². The van der Waals surface area contributed by atoms with Crippen LogP contribution in [-0.4, -0.2) is 32.8 Å². The lowest BCUT2D eigenvalue weighted by atomic mass is 9.62. The van der Waals surface area contributed by atoms with Crippen molar-refractivity contribution >= 4 is 17.5 Å². The average Bonchev–Trinajstić information content (AvgIpc) is 2.72. The van der Waals surface area contributed by atoms with E-state index in [1.807, 2.05) is 6.07 Å². The number of carbonyl (C=O) groups is 3. The van der Waals surface area contributed by atoms with Gasteiger partial charge in [-0.15, -0.1) is 0 Å². The summed E-state index contributed by atoms with van der Waals surface area (Å²) >= 11 is 0. The van der Waals surface area contributed by atoms with Crippen LogP contribution in [0.2, 0.25) is 0 Å². The van der Waals surface area contributed by atoms with Gasteiger partial charge in [0.05, 0.1) is 11.5 Å². The smallest absolute Gasteiger partial charge is 0.255 e. The highest BCUT2D eigenvalue weighted by atomic mass is 16.3. The Kier molecular flexibility index (Phi) is 5.58. The topological polar surface area (TPSA) is 164 Å². The number of aromatic hydroxyl groups is 1.